The van der Waals surface area contributed by atoms with E-state index in [-0.39, 0.29) is 5.91 Å². The molecular formula is C19H18ClN3O. The number of amides is 1. The van der Waals surface area contributed by atoms with Gasteiger partial charge in [0.05, 0.1) is 23.0 Å². The van der Waals surface area contributed by atoms with Crippen LogP contribution < -0.4 is 5.32 Å². The summed E-state index contributed by atoms with van der Waals surface area (Å²) in [4.78, 5) is 17.3. The second-order valence-corrected chi connectivity index (χ2v) is 6.78. The van der Waals surface area contributed by atoms with Crippen LogP contribution in [-0.2, 0) is 23.8 Å². The van der Waals surface area contributed by atoms with Crippen LogP contribution in [0, 0.1) is 0 Å². The van der Waals surface area contributed by atoms with Crippen molar-refractivity contribution in [3.8, 4) is 0 Å². The number of benzene rings is 2. The molecule has 0 spiro atoms. The number of nitrogens with one attached hydrogen (secondary N) is 1. The molecular weight excluding hydrogens is 322 g/mol. The molecule has 1 aliphatic carbocycles. The largest absolute Gasteiger partial charge is 0.348 e. The molecule has 5 heteroatoms. The van der Waals surface area contributed by atoms with Crippen molar-refractivity contribution in [3.63, 3.8) is 0 Å². The quantitative estimate of drug-likeness (QED) is 0.789. The van der Waals surface area contributed by atoms with E-state index in [9.17, 15) is 4.79 Å². The Balaban J connectivity index is 1.52. The predicted octanol–water partition coefficient (Wildman–Crippen LogP) is 3.57. The number of aryl methyl sites for hydroxylation is 1. The SMILES string of the molecule is Cn1c(CNC(=O)C2(c3ccc(Cl)cc3)CC2)nc2ccccc21. The molecule has 4 rings (SSSR count). The number of fused-ring (bicyclic) bond motifs is 1. The van der Waals surface area contributed by atoms with Gasteiger partial charge in [0.1, 0.15) is 5.82 Å². The van der Waals surface area contributed by atoms with Crippen molar-refractivity contribution < 1.29 is 4.79 Å². The maximum absolute atomic E-state index is 12.7. The third kappa shape index (κ3) is 2.47. The van der Waals surface area contributed by atoms with Crippen LogP contribution in [0.5, 0.6) is 0 Å². The van der Waals surface area contributed by atoms with Gasteiger partial charge in [0.15, 0.2) is 0 Å². The van der Waals surface area contributed by atoms with Crippen LogP contribution in [0.15, 0.2) is 48.5 Å². The van der Waals surface area contributed by atoms with E-state index in [1.54, 1.807) is 0 Å². The van der Waals surface area contributed by atoms with Crippen LogP contribution in [0.1, 0.15) is 24.2 Å². The molecule has 1 saturated carbocycles. The zero-order valence-electron chi connectivity index (χ0n) is 13.4. The third-order valence-electron chi connectivity index (χ3n) is 4.87. The Morgan fingerprint density at radius 3 is 2.58 bits per heavy atom. The van der Waals surface area contributed by atoms with Crippen LogP contribution in [0.25, 0.3) is 11.0 Å². The molecule has 0 radical (unpaired) electrons. The van der Waals surface area contributed by atoms with Crippen LogP contribution in [-0.4, -0.2) is 15.5 Å². The van der Waals surface area contributed by atoms with E-state index in [1.807, 2.05) is 60.1 Å². The summed E-state index contributed by atoms with van der Waals surface area (Å²) >= 11 is 5.95. The van der Waals surface area contributed by atoms with Gasteiger partial charge in [-0.2, -0.15) is 0 Å². The second-order valence-electron chi connectivity index (χ2n) is 6.35. The van der Waals surface area contributed by atoms with Crippen LogP contribution >= 0.6 is 11.6 Å². The molecule has 0 aliphatic heterocycles. The molecule has 0 unspecified atom stereocenters. The molecule has 1 N–H and O–H groups in total. The number of para-hydroxylation sites is 2. The summed E-state index contributed by atoms with van der Waals surface area (Å²) in [5.41, 5.74) is 2.66. The summed E-state index contributed by atoms with van der Waals surface area (Å²) in [6.07, 6.45) is 1.76. The first-order valence-corrected chi connectivity index (χ1v) is 8.43. The van der Waals surface area contributed by atoms with Crippen molar-refractivity contribution in [3.05, 3.63) is 64.9 Å². The highest BCUT2D eigenvalue weighted by Crippen LogP contribution is 2.48. The number of hydrogen-bond donors (Lipinski definition) is 1. The van der Waals surface area contributed by atoms with Crippen molar-refractivity contribution in [2.24, 2.45) is 7.05 Å². The van der Waals surface area contributed by atoms with Crippen molar-refractivity contribution in [2.75, 3.05) is 0 Å². The van der Waals surface area contributed by atoms with Gasteiger partial charge in [-0.25, -0.2) is 4.98 Å². The summed E-state index contributed by atoms with van der Waals surface area (Å²) in [7, 11) is 1.98. The van der Waals surface area contributed by atoms with Crippen LogP contribution in [0.4, 0.5) is 0 Å². The van der Waals surface area contributed by atoms with E-state index in [1.165, 1.54) is 0 Å². The molecule has 4 nitrogen and oxygen atoms in total. The highest BCUT2D eigenvalue weighted by molar-refractivity contribution is 6.30. The highest BCUT2D eigenvalue weighted by atomic mass is 35.5. The minimum absolute atomic E-state index is 0.0666. The predicted molar refractivity (Wildman–Crippen MR) is 94.9 cm³/mol. The van der Waals surface area contributed by atoms with Gasteiger partial charge in [0.2, 0.25) is 5.91 Å². The molecule has 1 aliphatic rings. The second kappa shape index (κ2) is 5.64. The molecule has 122 valence electrons. The molecule has 0 saturated heterocycles. The molecule has 1 fully saturated rings. The fourth-order valence-electron chi connectivity index (χ4n) is 3.22. The van der Waals surface area contributed by atoms with Gasteiger partial charge in [-0.15, -0.1) is 0 Å². The average Bonchev–Trinajstić information content (AvgIpc) is 3.34. The van der Waals surface area contributed by atoms with Gasteiger partial charge in [-0.1, -0.05) is 35.9 Å². The lowest BCUT2D eigenvalue weighted by Gasteiger charge is -2.16. The lowest BCUT2D eigenvalue weighted by Crippen LogP contribution is -2.34. The maximum atomic E-state index is 12.7. The fraction of sp³-hybridized carbons (Fsp3) is 0.263. The Labute approximate surface area is 145 Å². The number of carbonyl (C=O) groups excluding carboxylic acids is 1. The van der Waals surface area contributed by atoms with Gasteiger partial charge in [-0.05, 0) is 42.7 Å². The normalized spacial score (nSPS) is 15.4. The Hall–Kier alpha value is -2.33. The highest BCUT2D eigenvalue weighted by Gasteiger charge is 2.51. The van der Waals surface area contributed by atoms with Gasteiger partial charge >= 0.3 is 0 Å². The van der Waals surface area contributed by atoms with Crippen molar-refractivity contribution in [1.29, 1.82) is 0 Å². The van der Waals surface area contributed by atoms with E-state index < -0.39 is 5.41 Å². The number of halogens is 1. The van der Waals surface area contributed by atoms with E-state index in [0.717, 1.165) is 35.3 Å². The van der Waals surface area contributed by atoms with E-state index in [0.29, 0.717) is 11.6 Å². The Morgan fingerprint density at radius 2 is 1.92 bits per heavy atom. The molecule has 1 amide bonds. The number of imidazole rings is 1. The summed E-state index contributed by atoms with van der Waals surface area (Å²) in [6, 6.07) is 15.6. The van der Waals surface area contributed by atoms with Gasteiger partial charge < -0.3 is 9.88 Å². The number of carbonyl (C=O) groups is 1. The van der Waals surface area contributed by atoms with E-state index in [4.69, 9.17) is 11.6 Å². The summed E-state index contributed by atoms with van der Waals surface area (Å²) < 4.78 is 2.03. The van der Waals surface area contributed by atoms with Crippen molar-refractivity contribution in [1.82, 2.24) is 14.9 Å². The molecule has 3 aromatic rings. The Kier molecular flexibility index (Phi) is 3.57. The van der Waals surface area contributed by atoms with Gasteiger partial charge in [0.25, 0.3) is 0 Å². The smallest absolute Gasteiger partial charge is 0.231 e. The Morgan fingerprint density at radius 1 is 1.21 bits per heavy atom. The van der Waals surface area contributed by atoms with E-state index >= 15 is 0 Å². The van der Waals surface area contributed by atoms with Crippen molar-refractivity contribution >= 4 is 28.5 Å². The molecule has 0 bridgehead atoms. The topological polar surface area (TPSA) is 46.9 Å². The van der Waals surface area contributed by atoms with Crippen LogP contribution in [0.2, 0.25) is 5.02 Å². The number of hydrogen-bond acceptors (Lipinski definition) is 2. The first-order valence-electron chi connectivity index (χ1n) is 8.05. The molecule has 0 atom stereocenters. The average molecular weight is 340 g/mol. The lowest BCUT2D eigenvalue weighted by molar-refractivity contribution is -0.123. The lowest BCUT2D eigenvalue weighted by atomic mass is 9.95. The zero-order valence-corrected chi connectivity index (χ0v) is 14.2. The summed E-state index contributed by atoms with van der Waals surface area (Å²) in [6.45, 7) is 0.430. The van der Waals surface area contributed by atoms with Gasteiger partial charge in [0, 0.05) is 12.1 Å². The number of aromatic nitrogens is 2. The molecule has 2 aromatic carbocycles. The monoisotopic (exact) mass is 339 g/mol. The number of rotatable bonds is 4. The van der Waals surface area contributed by atoms with E-state index in [2.05, 4.69) is 10.3 Å². The molecule has 24 heavy (non-hydrogen) atoms. The Bertz CT molecular complexity index is 910. The first-order chi connectivity index (χ1) is 11.6. The summed E-state index contributed by atoms with van der Waals surface area (Å²) in [5, 5.41) is 3.75. The number of nitrogens with zero attached hydrogens (tertiary/aromatic N) is 2. The molecule has 1 aromatic heterocycles. The molecule has 1 heterocycles. The zero-order chi connectivity index (χ0) is 16.7. The third-order valence-corrected chi connectivity index (χ3v) is 5.12. The summed E-state index contributed by atoms with van der Waals surface area (Å²) in [5.74, 6) is 0.924. The minimum atomic E-state index is -0.394. The van der Waals surface area contributed by atoms with Gasteiger partial charge in [-0.3, -0.25) is 4.79 Å². The van der Waals surface area contributed by atoms with Crippen LogP contribution in [0.3, 0.4) is 0 Å². The van der Waals surface area contributed by atoms with Crippen molar-refractivity contribution in [2.45, 2.75) is 24.8 Å². The maximum Gasteiger partial charge on any atom is 0.231 e. The minimum Gasteiger partial charge on any atom is -0.348 e. The standard InChI is InChI=1S/C19H18ClN3O/c1-23-16-5-3-2-4-15(16)22-17(23)12-21-18(24)19(10-11-19)13-6-8-14(20)9-7-13/h2-9H,10-12H2,1H3,(H,21,24). The fourth-order valence-corrected chi connectivity index (χ4v) is 3.35. The first kappa shape index (κ1) is 15.2.